The van der Waals surface area contributed by atoms with Gasteiger partial charge in [-0.15, -0.1) is 11.3 Å². The van der Waals surface area contributed by atoms with E-state index >= 15 is 13.2 Å². The van der Waals surface area contributed by atoms with E-state index in [4.69, 9.17) is 10.5 Å². The number of imidazole rings is 1. The smallest absolute Gasteiger partial charge is 0.417 e. The van der Waals surface area contributed by atoms with Gasteiger partial charge in [-0.25, -0.2) is 23.1 Å². The molecule has 0 unspecified atom stereocenters. The molecule has 11 nitrogen and oxygen atoms in total. The number of hydrogen-bond donors (Lipinski definition) is 2. The van der Waals surface area contributed by atoms with Crippen LogP contribution in [0.15, 0.2) is 108 Å². The van der Waals surface area contributed by atoms with Crippen molar-refractivity contribution < 1.29 is 41.0 Å². The van der Waals surface area contributed by atoms with E-state index in [0.29, 0.717) is 34.5 Å². The number of thiophene rings is 1. The number of aliphatic hydroxyl groups excluding tert-OH is 1. The number of alkyl halides is 3. The molecule has 0 saturated carbocycles. The van der Waals surface area contributed by atoms with Gasteiger partial charge < -0.3 is 20.0 Å². The van der Waals surface area contributed by atoms with Crippen LogP contribution in [0.5, 0.6) is 0 Å². The van der Waals surface area contributed by atoms with E-state index in [1.54, 1.807) is 71.3 Å². The summed E-state index contributed by atoms with van der Waals surface area (Å²) in [4.78, 5) is 31.0. The van der Waals surface area contributed by atoms with E-state index < -0.39 is 63.7 Å². The number of hydrogen-bond acceptors (Lipinski definition) is 9. The fourth-order valence-electron chi connectivity index (χ4n) is 6.18. The van der Waals surface area contributed by atoms with E-state index in [9.17, 15) is 23.1 Å². The number of ether oxygens (including phenoxy) is 1. The maximum Gasteiger partial charge on any atom is 0.417 e. The third kappa shape index (κ3) is 8.84. The number of imide groups is 1. The molecule has 0 aliphatic carbocycles. The normalized spacial score (nSPS) is 14.3. The van der Waals surface area contributed by atoms with Crippen LogP contribution in [0.3, 0.4) is 0 Å². The Kier molecular flexibility index (Phi) is 12.3. The van der Waals surface area contributed by atoms with Crippen LogP contribution in [0, 0.1) is 5.41 Å². The molecule has 2 aromatic carbocycles. The summed E-state index contributed by atoms with van der Waals surface area (Å²) in [7, 11) is -3.51. The minimum absolute atomic E-state index is 0.0268. The SMILES string of the molecule is COC(=O)N(C(=O)[C@@H](N)C(c1ccccc1)c1ccccc1)[C@H](c1ccc([C@@H](CO)N(CCC(C)(C)C)S(=O)(=O)c2ccn3ccnc3c2)s1)C(F)(F)F. The Morgan fingerprint density at radius 3 is 2.07 bits per heavy atom. The molecule has 3 atom stereocenters. The number of methoxy groups -OCH3 is 1. The van der Waals surface area contributed by atoms with Gasteiger partial charge in [0, 0.05) is 46.9 Å². The van der Waals surface area contributed by atoms with Crippen LogP contribution in [0.1, 0.15) is 66.1 Å². The minimum Gasteiger partial charge on any atom is -0.452 e. The molecule has 0 spiro atoms. The van der Waals surface area contributed by atoms with Gasteiger partial charge in [0.2, 0.25) is 10.0 Å². The average molecular weight is 786 g/mol. The monoisotopic (exact) mass is 785 g/mol. The topological polar surface area (TPSA) is 148 Å². The quantitative estimate of drug-likeness (QED) is 0.131. The molecular formula is C38H42F3N5O6S2. The van der Waals surface area contributed by atoms with Crippen molar-refractivity contribution in [3.05, 3.63) is 124 Å². The molecule has 288 valence electrons. The Labute approximate surface area is 315 Å². The highest BCUT2D eigenvalue weighted by molar-refractivity contribution is 7.89. The van der Waals surface area contributed by atoms with Crippen molar-refractivity contribution in [3.63, 3.8) is 0 Å². The van der Waals surface area contributed by atoms with Crippen LogP contribution in [-0.4, -0.2) is 76.6 Å². The highest BCUT2D eigenvalue weighted by Gasteiger charge is 2.52. The number of rotatable bonds is 13. The van der Waals surface area contributed by atoms with E-state index in [2.05, 4.69) is 4.98 Å². The average Bonchev–Trinajstić information content (AvgIpc) is 3.81. The van der Waals surface area contributed by atoms with Gasteiger partial charge >= 0.3 is 12.3 Å². The Hall–Kier alpha value is -4.61. The number of carbonyl (C=O) groups is 2. The third-order valence-electron chi connectivity index (χ3n) is 8.96. The maximum atomic E-state index is 15.2. The number of aromatic nitrogens is 2. The van der Waals surface area contributed by atoms with Crippen molar-refractivity contribution in [2.45, 2.75) is 62.3 Å². The fourth-order valence-corrected chi connectivity index (χ4v) is 9.09. The first-order chi connectivity index (χ1) is 25.5. The summed E-state index contributed by atoms with van der Waals surface area (Å²) >= 11 is 0.519. The van der Waals surface area contributed by atoms with Gasteiger partial charge in [0.15, 0.2) is 6.04 Å². The van der Waals surface area contributed by atoms with Gasteiger partial charge in [-0.2, -0.15) is 17.5 Å². The van der Waals surface area contributed by atoms with Crippen LogP contribution in [-0.2, 0) is 19.6 Å². The van der Waals surface area contributed by atoms with Crippen LogP contribution in [0.2, 0.25) is 0 Å². The summed E-state index contributed by atoms with van der Waals surface area (Å²) in [6, 6.07) is 16.2. The molecule has 5 rings (SSSR count). The van der Waals surface area contributed by atoms with Crippen molar-refractivity contribution in [3.8, 4) is 0 Å². The number of benzene rings is 2. The number of nitrogens with zero attached hydrogens (tertiary/aromatic N) is 4. The molecule has 16 heteroatoms. The van der Waals surface area contributed by atoms with Gasteiger partial charge in [0.25, 0.3) is 5.91 Å². The molecule has 0 radical (unpaired) electrons. The van der Waals surface area contributed by atoms with Gasteiger partial charge in [-0.05, 0) is 41.2 Å². The van der Waals surface area contributed by atoms with Crippen LogP contribution >= 0.6 is 11.3 Å². The molecule has 5 aromatic rings. The minimum atomic E-state index is -5.23. The Morgan fingerprint density at radius 1 is 0.944 bits per heavy atom. The summed E-state index contributed by atoms with van der Waals surface area (Å²) in [6.07, 6.45) is -1.82. The lowest BCUT2D eigenvalue weighted by Crippen LogP contribution is -2.53. The molecule has 0 fully saturated rings. The molecule has 54 heavy (non-hydrogen) atoms. The number of fused-ring (bicyclic) bond motifs is 1. The number of sulfonamides is 1. The lowest BCUT2D eigenvalue weighted by Gasteiger charge is -2.34. The summed E-state index contributed by atoms with van der Waals surface area (Å²) in [5.74, 6) is -2.29. The van der Waals surface area contributed by atoms with E-state index in [0.717, 1.165) is 17.5 Å². The molecule has 3 heterocycles. The number of amides is 2. The Bertz CT molecular complexity index is 2110. The maximum absolute atomic E-state index is 15.2. The van der Waals surface area contributed by atoms with Gasteiger partial charge in [-0.1, -0.05) is 81.4 Å². The Morgan fingerprint density at radius 2 is 1.54 bits per heavy atom. The molecule has 0 aliphatic heterocycles. The summed E-state index contributed by atoms with van der Waals surface area (Å²) in [5, 5.41) is 10.7. The number of nitrogens with two attached hydrogens (primary N) is 1. The molecule has 0 bridgehead atoms. The summed E-state index contributed by atoms with van der Waals surface area (Å²) in [6.45, 7) is 4.84. The lowest BCUT2D eigenvalue weighted by atomic mass is 9.84. The van der Waals surface area contributed by atoms with Crippen LogP contribution in [0.4, 0.5) is 18.0 Å². The molecule has 3 N–H and O–H groups in total. The number of aliphatic hydroxyl groups is 1. The highest BCUT2D eigenvalue weighted by Crippen LogP contribution is 2.44. The van der Waals surface area contributed by atoms with Crippen LogP contribution in [0.25, 0.3) is 5.65 Å². The highest BCUT2D eigenvalue weighted by atomic mass is 32.2. The van der Waals surface area contributed by atoms with Gasteiger partial charge in [0.05, 0.1) is 30.7 Å². The largest absolute Gasteiger partial charge is 0.452 e. The van der Waals surface area contributed by atoms with Crippen molar-refractivity contribution in [1.82, 2.24) is 18.6 Å². The second kappa shape index (κ2) is 16.4. The molecular weight excluding hydrogens is 744 g/mol. The zero-order chi connectivity index (χ0) is 39.4. The number of carbonyl (C=O) groups excluding carboxylic acids is 2. The first-order valence-corrected chi connectivity index (χ1v) is 19.2. The Balaban J connectivity index is 1.57. The standard InChI is InChI=1S/C38H42F3N5O6S2/c1-37(2,3)18-21-45(54(50,51)27-17-20-44-22-19-43-31(44)23-27)28(24-47)29-15-16-30(53-29)34(38(39,40)41)46(36(49)52-4)35(48)33(42)32(25-11-7-5-8-12-25)26-13-9-6-10-14-26/h5-17,19-20,22-23,28,32-34,47H,18,21,24,42H2,1-4H3/t28-,33+,34-/m1/s1. The van der Waals surface area contributed by atoms with Crippen molar-refractivity contribution in [2.75, 3.05) is 20.3 Å². The molecule has 2 amide bonds. The molecule has 0 saturated heterocycles. The molecule has 0 aliphatic rings. The second-order valence-corrected chi connectivity index (χ2v) is 16.9. The first kappa shape index (κ1) is 40.6. The van der Waals surface area contributed by atoms with Crippen molar-refractivity contribution in [1.29, 1.82) is 0 Å². The van der Waals surface area contributed by atoms with E-state index in [1.165, 1.54) is 30.6 Å². The van der Waals surface area contributed by atoms with Gasteiger partial charge in [-0.3, -0.25) is 4.79 Å². The van der Waals surface area contributed by atoms with Crippen molar-refractivity contribution in [2.24, 2.45) is 11.1 Å². The van der Waals surface area contributed by atoms with Gasteiger partial charge in [0.1, 0.15) is 5.65 Å². The number of halogens is 3. The lowest BCUT2D eigenvalue weighted by molar-refractivity contribution is -0.186. The predicted molar refractivity (Wildman–Crippen MR) is 198 cm³/mol. The third-order valence-corrected chi connectivity index (χ3v) is 12.1. The zero-order valence-electron chi connectivity index (χ0n) is 30.1. The molecule has 3 aromatic heterocycles. The predicted octanol–water partition coefficient (Wildman–Crippen LogP) is 6.91. The first-order valence-electron chi connectivity index (χ1n) is 17.0. The van der Waals surface area contributed by atoms with E-state index in [-0.39, 0.29) is 26.6 Å². The second-order valence-electron chi connectivity index (χ2n) is 13.9. The zero-order valence-corrected chi connectivity index (χ0v) is 31.7. The van der Waals surface area contributed by atoms with Crippen molar-refractivity contribution >= 4 is 39.0 Å². The summed E-state index contributed by atoms with van der Waals surface area (Å²) < 4.78 is 81.7. The summed E-state index contributed by atoms with van der Waals surface area (Å²) in [5.41, 5.74) is 7.57. The van der Waals surface area contributed by atoms with E-state index in [1.807, 2.05) is 20.8 Å². The number of pyridine rings is 1. The fraction of sp³-hybridized carbons (Fsp3) is 0.342. The van der Waals surface area contributed by atoms with Crippen LogP contribution < -0.4 is 5.73 Å².